The zero-order valence-electron chi connectivity index (χ0n) is 11.0. The second-order valence-corrected chi connectivity index (χ2v) is 5.64. The van der Waals surface area contributed by atoms with E-state index < -0.39 is 0 Å². The van der Waals surface area contributed by atoms with Gasteiger partial charge in [0.25, 0.3) is 5.91 Å². The van der Waals surface area contributed by atoms with Crippen molar-refractivity contribution in [1.29, 1.82) is 0 Å². The summed E-state index contributed by atoms with van der Waals surface area (Å²) in [6.45, 7) is 1.93. The molecule has 0 saturated heterocycles. The van der Waals surface area contributed by atoms with Gasteiger partial charge in [-0.2, -0.15) is 0 Å². The molecule has 20 heavy (non-hydrogen) atoms. The molecule has 1 amide bonds. The molecule has 2 rings (SSSR count). The van der Waals surface area contributed by atoms with Gasteiger partial charge in [0.15, 0.2) is 0 Å². The van der Waals surface area contributed by atoms with Crippen LogP contribution in [0.5, 0.6) is 5.75 Å². The Kier molecular flexibility index (Phi) is 4.68. The number of benzene rings is 2. The lowest BCUT2D eigenvalue weighted by molar-refractivity contribution is 0.102. The lowest BCUT2D eigenvalue weighted by Crippen LogP contribution is -2.12. The number of amides is 1. The Balaban J connectivity index is 2.27. The van der Waals surface area contributed by atoms with Crippen molar-refractivity contribution in [2.45, 2.75) is 6.92 Å². The molecular weight excluding hydrogens is 342 g/mol. The number of nitrogens with one attached hydrogen (secondary N) is 1. The Labute approximate surface area is 131 Å². The van der Waals surface area contributed by atoms with Gasteiger partial charge in [0.05, 0.1) is 17.8 Å². The summed E-state index contributed by atoms with van der Waals surface area (Å²) in [6, 6.07) is 10.6. The summed E-state index contributed by atoms with van der Waals surface area (Å²) in [4.78, 5) is 12.2. The lowest BCUT2D eigenvalue weighted by atomic mass is 10.1. The van der Waals surface area contributed by atoms with E-state index >= 15 is 0 Å². The molecule has 0 spiro atoms. The van der Waals surface area contributed by atoms with Crippen molar-refractivity contribution in [3.63, 3.8) is 0 Å². The fourth-order valence-corrected chi connectivity index (χ4v) is 2.56. The predicted molar refractivity (Wildman–Crippen MR) is 84.8 cm³/mol. The Bertz CT molecular complexity index is 638. The molecule has 0 aliphatic rings. The van der Waals surface area contributed by atoms with Crippen LogP contribution in [0.2, 0.25) is 5.02 Å². The zero-order chi connectivity index (χ0) is 14.7. The van der Waals surface area contributed by atoms with Crippen LogP contribution < -0.4 is 10.1 Å². The van der Waals surface area contributed by atoms with Crippen LogP contribution in [0.1, 0.15) is 15.9 Å². The first kappa shape index (κ1) is 14.9. The van der Waals surface area contributed by atoms with Crippen LogP contribution in [0.3, 0.4) is 0 Å². The minimum absolute atomic E-state index is 0.218. The van der Waals surface area contributed by atoms with Crippen molar-refractivity contribution < 1.29 is 9.53 Å². The van der Waals surface area contributed by atoms with Crippen LogP contribution in [-0.4, -0.2) is 13.0 Å². The predicted octanol–water partition coefficient (Wildman–Crippen LogP) is 4.67. The molecular formula is C15H13BrClNO2. The Morgan fingerprint density at radius 1 is 1.25 bits per heavy atom. The van der Waals surface area contributed by atoms with Crippen molar-refractivity contribution in [2.24, 2.45) is 0 Å². The van der Waals surface area contributed by atoms with Crippen molar-refractivity contribution >= 4 is 39.1 Å². The molecule has 2 aromatic rings. The minimum Gasteiger partial charge on any atom is -0.497 e. The number of hydrogen-bond acceptors (Lipinski definition) is 2. The van der Waals surface area contributed by atoms with Crippen LogP contribution in [0.25, 0.3) is 0 Å². The maximum atomic E-state index is 12.2. The number of hydrogen-bond donors (Lipinski definition) is 1. The van der Waals surface area contributed by atoms with E-state index in [0.717, 1.165) is 10.0 Å². The molecule has 0 fully saturated rings. The summed E-state index contributed by atoms with van der Waals surface area (Å²) in [5, 5.41) is 3.25. The SMILES string of the molecule is COc1ccc(Cl)c(NC(=O)c2cc(C)cc(Br)c2)c1. The van der Waals surface area contributed by atoms with Gasteiger partial charge < -0.3 is 10.1 Å². The van der Waals surface area contributed by atoms with Crippen LogP contribution >= 0.6 is 27.5 Å². The van der Waals surface area contributed by atoms with E-state index in [4.69, 9.17) is 16.3 Å². The topological polar surface area (TPSA) is 38.3 Å². The third-order valence-electron chi connectivity index (χ3n) is 2.73. The average Bonchev–Trinajstić information content (AvgIpc) is 2.40. The first-order valence-electron chi connectivity index (χ1n) is 5.91. The molecule has 0 atom stereocenters. The monoisotopic (exact) mass is 353 g/mol. The number of aryl methyl sites for hydroxylation is 1. The smallest absolute Gasteiger partial charge is 0.255 e. The molecule has 0 aliphatic carbocycles. The summed E-state index contributed by atoms with van der Waals surface area (Å²) in [5.41, 5.74) is 2.09. The fourth-order valence-electron chi connectivity index (χ4n) is 1.79. The summed E-state index contributed by atoms with van der Waals surface area (Å²) in [7, 11) is 1.56. The molecule has 0 radical (unpaired) electrons. The molecule has 0 aromatic heterocycles. The van der Waals surface area contributed by atoms with Crippen LogP contribution in [0.4, 0.5) is 5.69 Å². The van der Waals surface area contributed by atoms with Gasteiger partial charge in [-0.1, -0.05) is 27.5 Å². The zero-order valence-corrected chi connectivity index (χ0v) is 13.4. The van der Waals surface area contributed by atoms with E-state index in [1.165, 1.54) is 0 Å². The number of carbonyl (C=O) groups excluding carboxylic acids is 1. The first-order valence-corrected chi connectivity index (χ1v) is 7.09. The number of methoxy groups -OCH3 is 1. The molecule has 0 saturated carbocycles. The normalized spacial score (nSPS) is 10.2. The van der Waals surface area contributed by atoms with Gasteiger partial charge in [-0.25, -0.2) is 0 Å². The minimum atomic E-state index is -0.218. The maximum Gasteiger partial charge on any atom is 0.255 e. The highest BCUT2D eigenvalue weighted by molar-refractivity contribution is 9.10. The first-order chi connectivity index (χ1) is 9.49. The Hall–Kier alpha value is -1.52. The molecule has 1 N–H and O–H groups in total. The van der Waals surface area contributed by atoms with E-state index in [1.54, 1.807) is 31.4 Å². The fraction of sp³-hybridized carbons (Fsp3) is 0.133. The third kappa shape index (κ3) is 3.52. The van der Waals surface area contributed by atoms with E-state index in [-0.39, 0.29) is 5.91 Å². The number of rotatable bonds is 3. The lowest BCUT2D eigenvalue weighted by Gasteiger charge is -2.10. The van der Waals surface area contributed by atoms with E-state index in [0.29, 0.717) is 22.0 Å². The molecule has 0 unspecified atom stereocenters. The van der Waals surface area contributed by atoms with Crippen LogP contribution in [0.15, 0.2) is 40.9 Å². The quantitative estimate of drug-likeness (QED) is 0.869. The van der Waals surface area contributed by atoms with Gasteiger partial charge in [0.1, 0.15) is 5.75 Å². The van der Waals surface area contributed by atoms with Crippen molar-refractivity contribution in [3.8, 4) is 5.75 Å². The highest BCUT2D eigenvalue weighted by atomic mass is 79.9. The van der Waals surface area contributed by atoms with Gasteiger partial charge in [-0.05, 0) is 42.8 Å². The Morgan fingerprint density at radius 2 is 2.00 bits per heavy atom. The number of carbonyl (C=O) groups is 1. The third-order valence-corrected chi connectivity index (χ3v) is 3.51. The van der Waals surface area contributed by atoms with E-state index in [2.05, 4.69) is 21.2 Å². The Morgan fingerprint density at radius 3 is 2.65 bits per heavy atom. The molecule has 3 nitrogen and oxygen atoms in total. The summed E-state index contributed by atoms with van der Waals surface area (Å²) in [5.74, 6) is 0.416. The molecule has 0 heterocycles. The molecule has 0 aliphatic heterocycles. The molecule has 0 bridgehead atoms. The molecule has 2 aromatic carbocycles. The highest BCUT2D eigenvalue weighted by Gasteiger charge is 2.10. The largest absolute Gasteiger partial charge is 0.497 e. The number of anilines is 1. The van der Waals surface area contributed by atoms with Crippen molar-refractivity contribution in [2.75, 3.05) is 12.4 Å². The number of halogens is 2. The number of ether oxygens (including phenoxy) is 1. The highest BCUT2D eigenvalue weighted by Crippen LogP contribution is 2.27. The second kappa shape index (κ2) is 6.29. The van der Waals surface area contributed by atoms with Crippen LogP contribution in [0, 0.1) is 6.92 Å². The van der Waals surface area contributed by atoms with Gasteiger partial charge >= 0.3 is 0 Å². The second-order valence-electron chi connectivity index (χ2n) is 4.32. The summed E-state index contributed by atoms with van der Waals surface area (Å²) < 4.78 is 5.98. The van der Waals surface area contributed by atoms with Gasteiger partial charge in [0, 0.05) is 16.1 Å². The van der Waals surface area contributed by atoms with Gasteiger partial charge in [0.2, 0.25) is 0 Å². The van der Waals surface area contributed by atoms with Crippen molar-refractivity contribution in [1.82, 2.24) is 0 Å². The summed E-state index contributed by atoms with van der Waals surface area (Å²) >= 11 is 9.45. The standard InChI is InChI=1S/C15H13BrClNO2/c1-9-5-10(7-11(16)6-9)15(19)18-14-8-12(20-2)3-4-13(14)17/h3-8H,1-2H3,(H,18,19). The van der Waals surface area contributed by atoms with Gasteiger partial charge in [-0.3, -0.25) is 4.79 Å². The maximum absolute atomic E-state index is 12.2. The van der Waals surface area contributed by atoms with Crippen molar-refractivity contribution in [3.05, 3.63) is 57.0 Å². The average molecular weight is 355 g/mol. The molecule has 104 valence electrons. The van der Waals surface area contributed by atoms with E-state index in [9.17, 15) is 4.79 Å². The van der Waals surface area contributed by atoms with Gasteiger partial charge in [-0.15, -0.1) is 0 Å². The van der Waals surface area contributed by atoms with E-state index in [1.807, 2.05) is 19.1 Å². The molecule has 5 heteroatoms. The summed E-state index contributed by atoms with van der Waals surface area (Å²) in [6.07, 6.45) is 0. The van der Waals surface area contributed by atoms with Crippen LogP contribution in [-0.2, 0) is 0 Å².